The summed E-state index contributed by atoms with van der Waals surface area (Å²) in [6.45, 7) is 0.251. The lowest BCUT2D eigenvalue weighted by Gasteiger charge is -2.29. The van der Waals surface area contributed by atoms with E-state index in [0.29, 0.717) is 16.9 Å². The van der Waals surface area contributed by atoms with Gasteiger partial charge in [-0.3, -0.25) is 14.5 Å². The van der Waals surface area contributed by atoms with Gasteiger partial charge < -0.3 is 9.64 Å². The Kier molecular flexibility index (Phi) is 3.53. The molecule has 25 heavy (non-hydrogen) atoms. The first-order valence-electron chi connectivity index (χ1n) is 7.99. The maximum atomic E-state index is 12.7. The Balaban J connectivity index is 1.65. The molecule has 0 radical (unpaired) electrons. The molecule has 2 aromatic carbocycles. The number of hydrogen-bond acceptors (Lipinski definition) is 4. The average Bonchev–Trinajstić information content (AvgIpc) is 2.98. The zero-order valence-electron chi connectivity index (χ0n) is 13.6. The summed E-state index contributed by atoms with van der Waals surface area (Å²) in [5.41, 5.74) is 1.85. The molecule has 6 nitrogen and oxygen atoms in total. The van der Waals surface area contributed by atoms with Gasteiger partial charge in [-0.15, -0.1) is 0 Å². The minimum absolute atomic E-state index is 0.00685. The van der Waals surface area contributed by atoms with Gasteiger partial charge in [-0.2, -0.15) is 0 Å². The molecule has 2 heterocycles. The number of methoxy groups -OCH3 is 1. The molecular weight excluding hydrogens is 320 g/mol. The van der Waals surface area contributed by atoms with Gasteiger partial charge in [0.2, 0.25) is 0 Å². The number of Topliss-reactive ketones (excluding diaryl/α,β-unsaturated/α-hetero) is 1. The van der Waals surface area contributed by atoms with E-state index in [1.165, 1.54) is 9.80 Å². The van der Waals surface area contributed by atoms with Gasteiger partial charge >= 0.3 is 6.03 Å². The molecule has 1 saturated heterocycles. The summed E-state index contributed by atoms with van der Waals surface area (Å²) in [4.78, 5) is 40.4. The summed E-state index contributed by atoms with van der Waals surface area (Å²) in [5, 5.41) is 0. The SMILES string of the molecule is COc1ccc(C(=O)N2CC3c4ccccc4C(=O)CN3C2=O)cc1. The van der Waals surface area contributed by atoms with Gasteiger partial charge in [0.15, 0.2) is 5.78 Å². The molecule has 6 heteroatoms. The van der Waals surface area contributed by atoms with Crippen LogP contribution in [0.5, 0.6) is 5.75 Å². The highest BCUT2D eigenvalue weighted by molar-refractivity contribution is 6.08. The predicted molar refractivity (Wildman–Crippen MR) is 89.6 cm³/mol. The van der Waals surface area contributed by atoms with Crippen LogP contribution in [0.1, 0.15) is 32.3 Å². The molecule has 0 N–H and O–H groups in total. The molecule has 3 amide bonds. The van der Waals surface area contributed by atoms with E-state index in [1.54, 1.807) is 37.4 Å². The minimum Gasteiger partial charge on any atom is -0.497 e. The first-order chi connectivity index (χ1) is 12.1. The van der Waals surface area contributed by atoms with Gasteiger partial charge in [-0.1, -0.05) is 24.3 Å². The molecule has 1 fully saturated rings. The average molecular weight is 336 g/mol. The van der Waals surface area contributed by atoms with Crippen molar-refractivity contribution >= 4 is 17.7 Å². The highest BCUT2D eigenvalue weighted by atomic mass is 16.5. The Morgan fingerprint density at radius 3 is 2.52 bits per heavy atom. The first-order valence-corrected chi connectivity index (χ1v) is 7.99. The largest absolute Gasteiger partial charge is 0.497 e. The highest BCUT2D eigenvalue weighted by Crippen LogP contribution is 2.36. The van der Waals surface area contributed by atoms with Crippen LogP contribution >= 0.6 is 0 Å². The number of imide groups is 1. The molecule has 0 spiro atoms. The van der Waals surface area contributed by atoms with Crippen LogP contribution in [0.2, 0.25) is 0 Å². The topological polar surface area (TPSA) is 66.9 Å². The van der Waals surface area contributed by atoms with Crippen molar-refractivity contribution in [2.75, 3.05) is 20.2 Å². The summed E-state index contributed by atoms with van der Waals surface area (Å²) in [7, 11) is 1.55. The fourth-order valence-electron chi connectivity index (χ4n) is 3.42. The number of nitrogens with zero attached hydrogens (tertiary/aromatic N) is 2. The van der Waals surface area contributed by atoms with Crippen LogP contribution in [-0.2, 0) is 0 Å². The Labute approximate surface area is 144 Å². The molecular formula is C19H16N2O4. The molecule has 2 aromatic rings. The van der Waals surface area contributed by atoms with Crippen molar-refractivity contribution in [3.63, 3.8) is 0 Å². The lowest BCUT2D eigenvalue weighted by Crippen LogP contribution is -2.40. The zero-order valence-corrected chi connectivity index (χ0v) is 13.6. The number of ketones is 1. The van der Waals surface area contributed by atoms with Crippen LogP contribution in [0.25, 0.3) is 0 Å². The smallest absolute Gasteiger partial charge is 0.328 e. The highest BCUT2D eigenvalue weighted by Gasteiger charge is 2.45. The summed E-state index contributed by atoms with van der Waals surface area (Å²) in [6, 6.07) is 13.2. The Bertz CT molecular complexity index is 875. The summed E-state index contributed by atoms with van der Waals surface area (Å²) < 4.78 is 5.09. The maximum Gasteiger partial charge on any atom is 0.328 e. The van der Waals surface area contributed by atoms with E-state index in [1.807, 2.05) is 18.2 Å². The number of rotatable bonds is 2. The number of urea groups is 1. The molecule has 0 saturated carbocycles. The Morgan fingerprint density at radius 2 is 1.80 bits per heavy atom. The monoisotopic (exact) mass is 336 g/mol. The van der Waals surface area contributed by atoms with Crippen LogP contribution in [0.4, 0.5) is 4.79 Å². The third kappa shape index (κ3) is 2.38. The van der Waals surface area contributed by atoms with Gasteiger partial charge in [0.1, 0.15) is 5.75 Å². The fourth-order valence-corrected chi connectivity index (χ4v) is 3.42. The molecule has 0 aromatic heterocycles. The number of benzene rings is 2. The third-order valence-corrected chi connectivity index (χ3v) is 4.72. The van der Waals surface area contributed by atoms with E-state index < -0.39 is 6.03 Å². The van der Waals surface area contributed by atoms with Crippen molar-refractivity contribution in [1.82, 2.24) is 9.80 Å². The first kappa shape index (κ1) is 15.4. The van der Waals surface area contributed by atoms with Crippen molar-refractivity contribution in [2.45, 2.75) is 6.04 Å². The number of carbonyl (C=O) groups is 3. The van der Waals surface area contributed by atoms with Crippen molar-refractivity contribution in [3.05, 3.63) is 65.2 Å². The van der Waals surface area contributed by atoms with Crippen molar-refractivity contribution in [3.8, 4) is 5.75 Å². The molecule has 1 atom stereocenters. The summed E-state index contributed by atoms with van der Waals surface area (Å²) >= 11 is 0. The Morgan fingerprint density at radius 1 is 1.08 bits per heavy atom. The van der Waals surface area contributed by atoms with Gasteiger partial charge in [-0.05, 0) is 29.8 Å². The van der Waals surface area contributed by atoms with E-state index in [4.69, 9.17) is 4.74 Å². The standard InChI is InChI=1S/C19H16N2O4/c1-25-13-8-6-12(7-9-13)18(23)21-10-16-14-4-2-3-5-15(14)17(22)11-20(16)19(21)24/h2-9,16H,10-11H2,1H3. The van der Waals surface area contributed by atoms with Crippen LogP contribution in [0.3, 0.4) is 0 Å². The quantitative estimate of drug-likeness (QED) is 0.845. The Hall–Kier alpha value is -3.15. The second-order valence-electron chi connectivity index (χ2n) is 6.08. The van der Waals surface area contributed by atoms with Crippen LogP contribution < -0.4 is 4.74 Å². The van der Waals surface area contributed by atoms with Crippen LogP contribution in [0.15, 0.2) is 48.5 Å². The van der Waals surface area contributed by atoms with E-state index >= 15 is 0 Å². The maximum absolute atomic E-state index is 12.7. The van der Waals surface area contributed by atoms with Crippen molar-refractivity contribution in [2.24, 2.45) is 0 Å². The molecule has 0 aliphatic carbocycles. The van der Waals surface area contributed by atoms with Gasteiger partial charge in [0.05, 0.1) is 26.2 Å². The normalized spacial score (nSPS) is 18.8. The predicted octanol–water partition coefficient (Wildman–Crippen LogP) is 2.51. The number of hydrogen-bond donors (Lipinski definition) is 0. The number of fused-ring (bicyclic) bond motifs is 3. The third-order valence-electron chi connectivity index (χ3n) is 4.72. The second kappa shape index (κ2) is 5.73. The van der Waals surface area contributed by atoms with Crippen molar-refractivity contribution < 1.29 is 19.1 Å². The van der Waals surface area contributed by atoms with E-state index in [9.17, 15) is 14.4 Å². The second-order valence-corrected chi connectivity index (χ2v) is 6.08. The van der Waals surface area contributed by atoms with E-state index in [0.717, 1.165) is 5.56 Å². The fraction of sp³-hybridized carbons (Fsp3) is 0.211. The molecule has 0 bridgehead atoms. The molecule has 2 aliphatic heterocycles. The number of ether oxygens (including phenoxy) is 1. The lowest BCUT2D eigenvalue weighted by molar-refractivity contribution is 0.0815. The van der Waals surface area contributed by atoms with E-state index in [-0.39, 0.29) is 30.8 Å². The summed E-state index contributed by atoms with van der Waals surface area (Å²) in [5.74, 6) is 0.173. The lowest BCUT2D eigenvalue weighted by atomic mass is 9.93. The van der Waals surface area contributed by atoms with Crippen LogP contribution in [0, 0.1) is 0 Å². The number of amides is 3. The summed E-state index contributed by atoms with van der Waals surface area (Å²) in [6.07, 6.45) is 0. The van der Waals surface area contributed by atoms with Gasteiger partial charge in [0, 0.05) is 11.1 Å². The zero-order chi connectivity index (χ0) is 17.6. The van der Waals surface area contributed by atoms with Crippen molar-refractivity contribution in [1.29, 1.82) is 0 Å². The van der Waals surface area contributed by atoms with Gasteiger partial charge in [-0.25, -0.2) is 4.79 Å². The minimum atomic E-state index is -0.423. The van der Waals surface area contributed by atoms with Crippen LogP contribution in [-0.4, -0.2) is 47.7 Å². The van der Waals surface area contributed by atoms with Gasteiger partial charge in [0.25, 0.3) is 5.91 Å². The molecule has 2 aliphatic rings. The molecule has 126 valence electrons. The van der Waals surface area contributed by atoms with E-state index in [2.05, 4.69) is 0 Å². The number of carbonyl (C=O) groups excluding carboxylic acids is 3. The molecule has 4 rings (SSSR count). The molecule has 1 unspecified atom stereocenters.